The first kappa shape index (κ1) is 17.3. The van der Waals surface area contributed by atoms with E-state index >= 15 is 0 Å². The Morgan fingerprint density at radius 1 is 1.00 bits per heavy atom. The second-order valence-electron chi connectivity index (χ2n) is 7.14. The van der Waals surface area contributed by atoms with Crippen LogP contribution in [0.2, 0.25) is 0 Å². The Labute approximate surface area is 167 Å². The first-order chi connectivity index (χ1) is 13.9. The zero-order valence-electron chi connectivity index (χ0n) is 15.5. The van der Waals surface area contributed by atoms with Crippen LogP contribution in [0, 0.1) is 0 Å². The standard InChI is InChI=1S/C21H22N6S/c1-2-6-16(7-3-1)18(14-26-11-4-5-12-26)22-19-8-9-20-23-24-21(27(20)25-19)17-10-13-28-15-17/h1-3,6-10,13,15,18H,4-5,11-12,14H2,(H,22,25). The minimum absolute atomic E-state index is 0.185. The van der Waals surface area contributed by atoms with E-state index in [0.717, 1.165) is 29.4 Å². The van der Waals surface area contributed by atoms with E-state index in [2.05, 4.69) is 56.1 Å². The van der Waals surface area contributed by atoms with E-state index in [0.29, 0.717) is 0 Å². The van der Waals surface area contributed by atoms with E-state index in [1.807, 2.05) is 28.1 Å². The average molecular weight is 391 g/mol. The molecule has 0 aliphatic carbocycles. The highest BCUT2D eigenvalue weighted by molar-refractivity contribution is 7.08. The Bertz CT molecular complexity index is 1040. The topological polar surface area (TPSA) is 58.3 Å². The Hall–Kier alpha value is -2.77. The number of thiophene rings is 1. The fourth-order valence-electron chi connectivity index (χ4n) is 3.76. The average Bonchev–Trinajstić information content (AvgIpc) is 3.49. The molecule has 1 fully saturated rings. The van der Waals surface area contributed by atoms with Crippen LogP contribution in [0.15, 0.2) is 59.3 Å². The minimum atomic E-state index is 0.185. The predicted molar refractivity (Wildman–Crippen MR) is 113 cm³/mol. The molecule has 1 aliphatic rings. The number of likely N-dealkylation sites (tertiary alicyclic amines) is 1. The Kier molecular flexibility index (Phi) is 4.76. The van der Waals surface area contributed by atoms with Crippen molar-refractivity contribution in [2.24, 2.45) is 0 Å². The zero-order chi connectivity index (χ0) is 18.8. The normalized spacial score (nSPS) is 15.9. The summed E-state index contributed by atoms with van der Waals surface area (Å²) >= 11 is 1.65. The summed E-state index contributed by atoms with van der Waals surface area (Å²) in [6.07, 6.45) is 2.58. The number of aromatic nitrogens is 4. The molecule has 0 saturated carbocycles. The SMILES string of the molecule is c1ccc(C(CN2CCCC2)Nc2ccc3nnc(-c4ccsc4)n3n2)cc1. The molecule has 0 spiro atoms. The molecule has 0 amide bonds. The molecule has 1 N–H and O–H groups in total. The van der Waals surface area contributed by atoms with Gasteiger partial charge in [0, 0.05) is 17.5 Å². The molecule has 3 aromatic heterocycles. The molecule has 28 heavy (non-hydrogen) atoms. The summed E-state index contributed by atoms with van der Waals surface area (Å²) in [6.45, 7) is 3.32. The van der Waals surface area contributed by atoms with Crippen LogP contribution in [0.4, 0.5) is 5.82 Å². The fraction of sp³-hybridized carbons (Fsp3) is 0.286. The summed E-state index contributed by atoms with van der Waals surface area (Å²) in [5.74, 6) is 1.60. The number of nitrogens with zero attached hydrogens (tertiary/aromatic N) is 5. The summed E-state index contributed by atoms with van der Waals surface area (Å²) < 4.78 is 1.82. The van der Waals surface area contributed by atoms with Gasteiger partial charge in [0.1, 0.15) is 5.82 Å². The van der Waals surface area contributed by atoms with Crippen molar-refractivity contribution in [1.82, 2.24) is 24.7 Å². The molecule has 0 radical (unpaired) electrons. The molecule has 7 heteroatoms. The van der Waals surface area contributed by atoms with Gasteiger partial charge in [-0.2, -0.15) is 15.9 Å². The van der Waals surface area contributed by atoms with Crippen LogP contribution in [0.5, 0.6) is 0 Å². The van der Waals surface area contributed by atoms with Crippen LogP contribution in [0.1, 0.15) is 24.4 Å². The third kappa shape index (κ3) is 3.50. The lowest BCUT2D eigenvalue weighted by Gasteiger charge is -2.25. The van der Waals surface area contributed by atoms with Gasteiger partial charge in [-0.15, -0.1) is 15.3 Å². The maximum absolute atomic E-state index is 4.80. The molecule has 142 valence electrons. The second-order valence-corrected chi connectivity index (χ2v) is 7.92. The van der Waals surface area contributed by atoms with Gasteiger partial charge >= 0.3 is 0 Å². The number of hydrogen-bond acceptors (Lipinski definition) is 6. The lowest BCUT2D eigenvalue weighted by atomic mass is 10.1. The summed E-state index contributed by atoms with van der Waals surface area (Å²) in [4.78, 5) is 2.53. The highest BCUT2D eigenvalue weighted by Crippen LogP contribution is 2.24. The third-order valence-electron chi connectivity index (χ3n) is 5.21. The molecule has 4 heterocycles. The van der Waals surface area contributed by atoms with Gasteiger partial charge in [0.15, 0.2) is 11.5 Å². The Balaban J connectivity index is 1.46. The zero-order valence-corrected chi connectivity index (χ0v) is 16.3. The fourth-order valence-corrected chi connectivity index (χ4v) is 4.39. The Morgan fingerprint density at radius 3 is 2.64 bits per heavy atom. The van der Waals surface area contributed by atoms with E-state index in [-0.39, 0.29) is 6.04 Å². The number of nitrogens with one attached hydrogen (secondary N) is 1. The van der Waals surface area contributed by atoms with Crippen molar-refractivity contribution in [3.05, 3.63) is 64.9 Å². The lowest BCUT2D eigenvalue weighted by Crippen LogP contribution is -2.29. The minimum Gasteiger partial charge on any atom is -0.361 e. The summed E-state index contributed by atoms with van der Waals surface area (Å²) in [5, 5.41) is 21.1. The Morgan fingerprint density at radius 2 is 1.86 bits per heavy atom. The van der Waals surface area contributed by atoms with Gasteiger partial charge in [0.05, 0.1) is 6.04 Å². The highest BCUT2D eigenvalue weighted by atomic mass is 32.1. The first-order valence-electron chi connectivity index (χ1n) is 9.66. The smallest absolute Gasteiger partial charge is 0.186 e. The van der Waals surface area contributed by atoms with E-state index in [4.69, 9.17) is 5.10 Å². The van der Waals surface area contributed by atoms with E-state index in [9.17, 15) is 0 Å². The van der Waals surface area contributed by atoms with Gasteiger partial charge in [-0.25, -0.2) is 0 Å². The van der Waals surface area contributed by atoms with E-state index in [1.165, 1.54) is 31.5 Å². The van der Waals surface area contributed by atoms with Gasteiger partial charge in [0.2, 0.25) is 0 Å². The lowest BCUT2D eigenvalue weighted by molar-refractivity contribution is 0.323. The van der Waals surface area contributed by atoms with Gasteiger partial charge < -0.3 is 10.2 Å². The number of hydrogen-bond donors (Lipinski definition) is 1. The van der Waals surface area contributed by atoms with Crippen molar-refractivity contribution >= 4 is 22.8 Å². The molecule has 6 nitrogen and oxygen atoms in total. The van der Waals surface area contributed by atoms with Gasteiger partial charge in [0.25, 0.3) is 0 Å². The van der Waals surface area contributed by atoms with Crippen LogP contribution < -0.4 is 5.32 Å². The van der Waals surface area contributed by atoms with Crippen molar-refractivity contribution in [3.63, 3.8) is 0 Å². The van der Waals surface area contributed by atoms with Crippen molar-refractivity contribution < 1.29 is 0 Å². The van der Waals surface area contributed by atoms with E-state index in [1.54, 1.807) is 11.3 Å². The van der Waals surface area contributed by atoms with Crippen molar-refractivity contribution in [3.8, 4) is 11.4 Å². The number of benzene rings is 1. The first-order valence-corrected chi connectivity index (χ1v) is 10.6. The maximum Gasteiger partial charge on any atom is 0.186 e. The number of rotatable bonds is 6. The van der Waals surface area contributed by atoms with Crippen molar-refractivity contribution in [2.45, 2.75) is 18.9 Å². The molecule has 0 bridgehead atoms. The largest absolute Gasteiger partial charge is 0.361 e. The van der Waals surface area contributed by atoms with Gasteiger partial charge in [-0.3, -0.25) is 0 Å². The predicted octanol–water partition coefficient (Wildman–Crippen LogP) is 4.10. The molecule has 1 unspecified atom stereocenters. The summed E-state index contributed by atoms with van der Waals surface area (Å²) in [7, 11) is 0. The van der Waals surface area contributed by atoms with Crippen LogP contribution in [-0.2, 0) is 0 Å². The third-order valence-corrected chi connectivity index (χ3v) is 5.89. The molecule has 4 aromatic rings. The quantitative estimate of drug-likeness (QED) is 0.537. The van der Waals surface area contributed by atoms with Crippen LogP contribution in [0.25, 0.3) is 17.0 Å². The summed E-state index contributed by atoms with van der Waals surface area (Å²) in [6, 6.07) is 16.8. The molecule has 5 rings (SSSR count). The van der Waals surface area contributed by atoms with E-state index < -0.39 is 0 Å². The monoisotopic (exact) mass is 390 g/mol. The second kappa shape index (κ2) is 7.69. The molecule has 1 aliphatic heterocycles. The number of anilines is 1. The van der Waals surface area contributed by atoms with Crippen molar-refractivity contribution in [2.75, 3.05) is 25.0 Å². The maximum atomic E-state index is 4.80. The van der Waals surface area contributed by atoms with Gasteiger partial charge in [-0.05, 0) is 55.1 Å². The molecule has 1 aromatic carbocycles. The van der Waals surface area contributed by atoms with Gasteiger partial charge in [-0.1, -0.05) is 30.3 Å². The molecular weight excluding hydrogens is 368 g/mol. The molecule has 1 saturated heterocycles. The summed E-state index contributed by atoms with van der Waals surface area (Å²) in [5.41, 5.74) is 3.07. The van der Waals surface area contributed by atoms with Crippen molar-refractivity contribution in [1.29, 1.82) is 0 Å². The molecular formula is C21H22N6S. The van der Waals surface area contributed by atoms with Crippen LogP contribution >= 0.6 is 11.3 Å². The number of fused-ring (bicyclic) bond motifs is 1. The van der Waals surface area contributed by atoms with Crippen LogP contribution in [0.3, 0.4) is 0 Å². The van der Waals surface area contributed by atoms with Crippen LogP contribution in [-0.4, -0.2) is 44.3 Å². The highest BCUT2D eigenvalue weighted by Gasteiger charge is 2.20. The molecule has 1 atom stereocenters.